The fourth-order valence-electron chi connectivity index (χ4n) is 2.20. The molecular formula is C13H12FN5O2. The summed E-state index contributed by atoms with van der Waals surface area (Å²) in [5, 5.41) is 10.5. The molecule has 3 aromatic heterocycles. The van der Waals surface area contributed by atoms with Gasteiger partial charge < -0.3 is 10.1 Å². The summed E-state index contributed by atoms with van der Waals surface area (Å²) in [4.78, 5) is 10.4. The molecule has 7 nitrogen and oxygen atoms in total. The zero-order valence-corrected chi connectivity index (χ0v) is 11.4. The average molecular weight is 289 g/mol. The zero-order chi connectivity index (χ0) is 15.0. The number of nitrogens with one attached hydrogen (secondary N) is 1. The topological polar surface area (TPSA) is 73.4 Å². The number of hydrogen-bond donors (Lipinski definition) is 1. The molecule has 3 aromatic rings. The fourth-order valence-corrected chi connectivity index (χ4v) is 2.20. The highest BCUT2D eigenvalue weighted by Gasteiger charge is 2.17. The van der Waals surface area contributed by atoms with E-state index in [0.29, 0.717) is 34.8 Å². The van der Waals surface area contributed by atoms with Crippen molar-refractivity contribution in [3.8, 4) is 17.0 Å². The molecule has 0 aliphatic carbocycles. The van der Waals surface area contributed by atoms with Crippen molar-refractivity contribution in [2.75, 3.05) is 12.4 Å². The van der Waals surface area contributed by atoms with Crippen LogP contribution in [-0.2, 0) is 11.8 Å². The Labute approximate surface area is 118 Å². The van der Waals surface area contributed by atoms with Crippen LogP contribution in [0.5, 0.6) is 5.75 Å². The molecule has 0 unspecified atom stereocenters. The van der Waals surface area contributed by atoms with Crippen LogP contribution in [-0.4, -0.2) is 32.9 Å². The van der Waals surface area contributed by atoms with E-state index >= 15 is 0 Å². The summed E-state index contributed by atoms with van der Waals surface area (Å²) in [6.45, 7) is 0. The van der Waals surface area contributed by atoms with E-state index < -0.39 is 5.82 Å². The molecule has 0 bridgehead atoms. The Bertz CT molecular complexity index is 823. The number of hydrogen-bond acceptors (Lipinski definition) is 4. The Morgan fingerprint density at radius 1 is 1.43 bits per heavy atom. The first kappa shape index (κ1) is 13.1. The summed E-state index contributed by atoms with van der Waals surface area (Å²) in [6, 6.07) is 3.26. The number of rotatable bonds is 4. The number of nitrogens with zero attached hydrogens (tertiary/aromatic N) is 4. The lowest BCUT2D eigenvalue weighted by Gasteiger charge is -2.07. The van der Waals surface area contributed by atoms with Crippen molar-refractivity contribution in [2.24, 2.45) is 7.05 Å². The van der Waals surface area contributed by atoms with E-state index in [-0.39, 0.29) is 0 Å². The second kappa shape index (κ2) is 4.89. The molecule has 8 heteroatoms. The summed E-state index contributed by atoms with van der Waals surface area (Å²) in [7, 11) is 3.21. The van der Waals surface area contributed by atoms with Gasteiger partial charge in [0.25, 0.3) is 0 Å². The molecule has 3 rings (SSSR count). The number of carbonyl (C=O) groups is 1. The average Bonchev–Trinajstić information content (AvgIpc) is 3.01. The first-order valence-corrected chi connectivity index (χ1v) is 6.09. The Morgan fingerprint density at radius 2 is 2.24 bits per heavy atom. The van der Waals surface area contributed by atoms with Gasteiger partial charge in [0.05, 0.1) is 25.0 Å². The molecule has 3 heterocycles. The van der Waals surface area contributed by atoms with Crippen molar-refractivity contribution in [3.63, 3.8) is 0 Å². The molecule has 1 N–H and O–H groups in total. The van der Waals surface area contributed by atoms with E-state index in [1.54, 1.807) is 19.2 Å². The second-order valence-corrected chi connectivity index (χ2v) is 4.38. The maximum absolute atomic E-state index is 14.3. The molecule has 0 fully saturated rings. The number of aryl methyl sites for hydroxylation is 1. The van der Waals surface area contributed by atoms with Crippen LogP contribution in [0.15, 0.2) is 24.5 Å². The normalized spacial score (nSPS) is 10.8. The Hall–Kier alpha value is -2.90. The van der Waals surface area contributed by atoms with E-state index in [4.69, 9.17) is 4.74 Å². The van der Waals surface area contributed by atoms with Crippen LogP contribution in [0, 0.1) is 5.82 Å². The number of methoxy groups -OCH3 is 1. The molecule has 0 aliphatic heterocycles. The monoisotopic (exact) mass is 289 g/mol. The number of amides is 1. The molecule has 0 radical (unpaired) electrons. The number of carbonyl (C=O) groups excluding carboxylic acids is 1. The van der Waals surface area contributed by atoms with Crippen molar-refractivity contribution in [3.05, 3.63) is 30.3 Å². The molecule has 0 spiro atoms. The number of pyridine rings is 1. The van der Waals surface area contributed by atoms with Gasteiger partial charge in [0.1, 0.15) is 5.69 Å². The van der Waals surface area contributed by atoms with Crippen LogP contribution in [0.2, 0.25) is 0 Å². The predicted octanol–water partition coefficient (Wildman–Crippen LogP) is 1.45. The summed E-state index contributed by atoms with van der Waals surface area (Å²) < 4.78 is 22.4. The molecule has 21 heavy (non-hydrogen) atoms. The highest BCUT2D eigenvalue weighted by molar-refractivity contribution is 5.75. The molecular weight excluding hydrogens is 277 g/mol. The Morgan fingerprint density at radius 3 is 2.95 bits per heavy atom. The zero-order valence-electron chi connectivity index (χ0n) is 11.4. The van der Waals surface area contributed by atoms with Gasteiger partial charge in [-0.15, -0.1) is 5.10 Å². The number of aromatic nitrogens is 4. The summed E-state index contributed by atoms with van der Waals surface area (Å²) in [6.07, 6.45) is 3.28. The number of ether oxygens (including phenoxy) is 1. The van der Waals surface area contributed by atoms with Gasteiger partial charge in [-0.3, -0.25) is 9.48 Å². The Kier molecular flexibility index (Phi) is 3.05. The van der Waals surface area contributed by atoms with Crippen molar-refractivity contribution in [2.45, 2.75) is 0 Å². The van der Waals surface area contributed by atoms with Crippen LogP contribution in [0.4, 0.5) is 10.2 Å². The van der Waals surface area contributed by atoms with Gasteiger partial charge >= 0.3 is 0 Å². The van der Waals surface area contributed by atoms with Crippen LogP contribution in [0.1, 0.15) is 0 Å². The molecule has 0 atom stereocenters. The van der Waals surface area contributed by atoms with Crippen molar-refractivity contribution in [1.29, 1.82) is 0 Å². The first-order valence-electron chi connectivity index (χ1n) is 6.09. The number of halogens is 1. The molecule has 0 aliphatic rings. The summed E-state index contributed by atoms with van der Waals surface area (Å²) in [5.41, 5.74) is 1.51. The van der Waals surface area contributed by atoms with Crippen LogP contribution < -0.4 is 10.1 Å². The fraction of sp³-hybridized carbons (Fsp3) is 0.154. The van der Waals surface area contributed by atoms with Crippen molar-refractivity contribution >= 4 is 17.7 Å². The van der Waals surface area contributed by atoms with Crippen LogP contribution in [0.25, 0.3) is 16.8 Å². The van der Waals surface area contributed by atoms with Gasteiger partial charge in [0, 0.05) is 18.7 Å². The van der Waals surface area contributed by atoms with Crippen LogP contribution >= 0.6 is 0 Å². The molecule has 0 aromatic carbocycles. The van der Waals surface area contributed by atoms with Crippen LogP contribution in [0.3, 0.4) is 0 Å². The third kappa shape index (κ3) is 2.10. The smallest absolute Gasteiger partial charge is 0.212 e. The number of anilines is 1. The lowest BCUT2D eigenvalue weighted by atomic mass is 10.1. The first-order chi connectivity index (χ1) is 10.1. The van der Waals surface area contributed by atoms with E-state index in [1.165, 1.54) is 28.7 Å². The molecule has 108 valence electrons. The SMILES string of the molecule is COc1cnn(C)c1-c1cc2cc(NC=O)nn2cc1F. The van der Waals surface area contributed by atoms with Crippen molar-refractivity contribution < 1.29 is 13.9 Å². The van der Waals surface area contributed by atoms with E-state index in [9.17, 15) is 9.18 Å². The van der Waals surface area contributed by atoms with Gasteiger partial charge in [-0.1, -0.05) is 0 Å². The highest BCUT2D eigenvalue weighted by Crippen LogP contribution is 2.32. The molecule has 1 amide bonds. The largest absolute Gasteiger partial charge is 0.493 e. The van der Waals surface area contributed by atoms with Gasteiger partial charge in [0.2, 0.25) is 6.41 Å². The maximum Gasteiger partial charge on any atom is 0.212 e. The van der Waals surface area contributed by atoms with Gasteiger partial charge in [-0.2, -0.15) is 5.10 Å². The Balaban J connectivity index is 2.20. The quantitative estimate of drug-likeness (QED) is 0.738. The minimum Gasteiger partial charge on any atom is -0.493 e. The lowest BCUT2D eigenvalue weighted by molar-refractivity contribution is -0.105. The van der Waals surface area contributed by atoms with Gasteiger partial charge in [0.15, 0.2) is 17.4 Å². The third-order valence-electron chi connectivity index (χ3n) is 3.14. The minimum absolute atomic E-state index is 0.344. The van der Waals surface area contributed by atoms with Crippen molar-refractivity contribution in [1.82, 2.24) is 19.4 Å². The molecule has 0 saturated heterocycles. The van der Waals surface area contributed by atoms with Gasteiger partial charge in [-0.25, -0.2) is 8.91 Å². The third-order valence-corrected chi connectivity index (χ3v) is 3.14. The number of fused-ring (bicyclic) bond motifs is 1. The summed E-state index contributed by atoms with van der Waals surface area (Å²) in [5.74, 6) is 0.357. The predicted molar refractivity (Wildman–Crippen MR) is 73.6 cm³/mol. The second-order valence-electron chi connectivity index (χ2n) is 4.38. The maximum atomic E-state index is 14.3. The van der Waals surface area contributed by atoms with Gasteiger partial charge in [-0.05, 0) is 6.07 Å². The summed E-state index contributed by atoms with van der Waals surface area (Å²) >= 11 is 0. The van der Waals surface area contributed by atoms with E-state index in [2.05, 4.69) is 15.5 Å². The van der Waals surface area contributed by atoms with E-state index in [0.717, 1.165) is 0 Å². The highest BCUT2D eigenvalue weighted by atomic mass is 19.1. The van der Waals surface area contributed by atoms with E-state index in [1.807, 2.05) is 0 Å². The standard InChI is InChI=1S/C13H12FN5O2/c1-18-13(11(21-2)5-16-18)9-3-8-4-12(15-7-20)17-19(8)6-10(9)14/h3-7H,1-2H3,(H,15,17,20). The lowest BCUT2D eigenvalue weighted by Crippen LogP contribution is -1.99. The minimum atomic E-state index is -0.467. The molecule has 0 saturated carbocycles.